The summed E-state index contributed by atoms with van der Waals surface area (Å²) in [6.45, 7) is 9.40. The van der Waals surface area contributed by atoms with Gasteiger partial charge in [-0.3, -0.25) is 0 Å². The Hall–Kier alpha value is -6.96. The van der Waals surface area contributed by atoms with Crippen molar-refractivity contribution >= 4 is 27.8 Å². The molecule has 284 valence electrons. The largest absolute Gasteiger partial charge is 0.309 e. The van der Waals surface area contributed by atoms with E-state index in [0.29, 0.717) is 0 Å². The first kappa shape index (κ1) is 36.4. The van der Waals surface area contributed by atoms with Crippen molar-refractivity contribution in [2.75, 3.05) is 4.90 Å². The second-order valence-corrected chi connectivity index (χ2v) is 16.9. The fraction of sp³-hybridized carbons (Fsp3) is 0.103. The lowest BCUT2D eigenvalue weighted by atomic mass is 9.77. The van der Waals surface area contributed by atoms with E-state index >= 15 is 0 Å². The van der Waals surface area contributed by atoms with E-state index in [-0.39, 0.29) is 10.8 Å². The molecule has 0 aromatic heterocycles. The van der Waals surface area contributed by atoms with Gasteiger partial charge in [-0.15, -0.1) is 0 Å². The predicted octanol–water partition coefficient (Wildman–Crippen LogP) is 15.9. The normalized spacial score (nSPS) is 12.9. The van der Waals surface area contributed by atoms with E-state index in [4.69, 9.17) is 0 Å². The van der Waals surface area contributed by atoms with Crippen molar-refractivity contribution in [1.29, 1.82) is 0 Å². The molecule has 0 atom stereocenters. The molecule has 1 nitrogen and oxygen atoms in total. The molecule has 1 heteroatoms. The quantitative estimate of drug-likeness (QED) is 0.149. The fourth-order valence-corrected chi connectivity index (χ4v) is 9.55. The van der Waals surface area contributed by atoms with Gasteiger partial charge in [0.25, 0.3) is 0 Å². The molecule has 10 rings (SSSR count). The number of nitrogens with zero attached hydrogens (tertiary/aromatic N) is 1. The van der Waals surface area contributed by atoms with Gasteiger partial charge < -0.3 is 4.90 Å². The summed E-state index contributed by atoms with van der Waals surface area (Å²) in [7, 11) is 0. The van der Waals surface area contributed by atoms with Crippen LogP contribution < -0.4 is 4.90 Å². The Morgan fingerprint density at radius 2 is 0.949 bits per heavy atom. The van der Waals surface area contributed by atoms with Crippen molar-refractivity contribution in [3.63, 3.8) is 0 Å². The van der Waals surface area contributed by atoms with Gasteiger partial charge in [0.05, 0.1) is 11.4 Å². The van der Waals surface area contributed by atoms with Crippen LogP contribution in [0.5, 0.6) is 0 Å². The van der Waals surface area contributed by atoms with Gasteiger partial charge in [-0.25, -0.2) is 0 Å². The minimum absolute atomic E-state index is 0.0993. The molecule has 0 N–H and O–H groups in total. The smallest absolute Gasteiger partial charge is 0.0546 e. The molecule has 1 aliphatic rings. The highest BCUT2D eigenvalue weighted by molar-refractivity contribution is 6.09. The maximum Gasteiger partial charge on any atom is 0.0546 e. The standard InChI is InChI=1S/C58H47N/c1-57(2,43-25-12-7-13-26-43)44-33-37-54(50(38-44)41-22-10-6-11-23-41)59(45-34-35-53-51(39-45)48-29-18-19-31-52(48)58(53,3)4)55-36-32-42-24-14-15-28-47(42)56(55)49-30-17-16-27-46(49)40-20-8-5-9-21-40/h5-39H,1-4H3. The van der Waals surface area contributed by atoms with E-state index < -0.39 is 0 Å². The minimum Gasteiger partial charge on any atom is -0.309 e. The van der Waals surface area contributed by atoms with Gasteiger partial charge in [0.1, 0.15) is 0 Å². The topological polar surface area (TPSA) is 3.24 Å². The highest BCUT2D eigenvalue weighted by Crippen LogP contribution is 2.53. The predicted molar refractivity (Wildman–Crippen MR) is 251 cm³/mol. The van der Waals surface area contributed by atoms with Crippen LogP contribution in [0.3, 0.4) is 0 Å². The number of fused-ring (bicyclic) bond motifs is 4. The Bertz CT molecular complexity index is 2980. The minimum atomic E-state index is -0.222. The summed E-state index contributed by atoms with van der Waals surface area (Å²) in [6.07, 6.45) is 0. The van der Waals surface area contributed by atoms with Crippen LogP contribution >= 0.6 is 0 Å². The monoisotopic (exact) mass is 757 g/mol. The Morgan fingerprint density at radius 1 is 0.390 bits per heavy atom. The van der Waals surface area contributed by atoms with Gasteiger partial charge in [-0.2, -0.15) is 0 Å². The summed E-state index contributed by atoms with van der Waals surface area (Å²) >= 11 is 0. The first-order valence-electron chi connectivity index (χ1n) is 20.8. The number of hydrogen-bond acceptors (Lipinski definition) is 1. The van der Waals surface area contributed by atoms with Crippen molar-refractivity contribution in [3.05, 3.63) is 235 Å². The van der Waals surface area contributed by atoms with Crippen LogP contribution in [0.25, 0.3) is 55.3 Å². The highest BCUT2D eigenvalue weighted by atomic mass is 15.1. The zero-order valence-electron chi connectivity index (χ0n) is 34.2. The molecule has 0 unspecified atom stereocenters. The van der Waals surface area contributed by atoms with E-state index in [0.717, 1.165) is 17.1 Å². The second-order valence-electron chi connectivity index (χ2n) is 16.9. The van der Waals surface area contributed by atoms with Crippen molar-refractivity contribution in [2.24, 2.45) is 0 Å². The Labute approximate surface area is 348 Å². The summed E-state index contributed by atoms with van der Waals surface area (Å²) in [5, 5.41) is 2.43. The third-order valence-electron chi connectivity index (χ3n) is 12.8. The molecule has 1 aliphatic carbocycles. The molecule has 0 radical (unpaired) electrons. The molecule has 0 bridgehead atoms. The lowest BCUT2D eigenvalue weighted by Gasteiger charge is -2.33. The maximum absolute atomic E-state index is 2.54. The molecule has 0 saturated heterocycles. The van der Waals surface area contributed by atoms with Crippen LogP contribution in [-0.4, -0.2) is 0 Å². The zero-order valence-corrected chi connectivity index (χ0v) is 34.2. The van der Waals surface area contributed by atoms with Crippen molar-refractivity contribution in [3.8, 4) is 44.5 Å². The van der Waals surface area contributed by atoms with Crippen molar-refractivity contribution in [2.45, 2.75) is 38.5 Å². The third-order valence-corrected chi connectivity index (χ3v) is 12.8. The number of anilines is 3. The molecular formula is C58H47N. The number of hydrogen-bond donors (Lipinski definition) is 0. The lowest BCUT2D eigenvalue weighted by Crippen LogP contribution is -2.20. The molecule has 0 aliphatic heterocycles. The van der Waals surface area contributed by atoms with Crippen LogP contribution in [0.2, 0.25) is 0 Å². The van der Waals surface area contributed by atoms with Gasteiger partial charge in [0, 0.05) is 27.6 Å². The van der Waals surface area contributed by atoms with Gasteiger partial charge in [-0.1, -0.05) is 210 Å². The van der Waals surface area contributed by atoms with Crippen LogP contribution in [0.15, 0.2) is 212 Å². The Balaban J connectivity index is 1.30. The zero-order chi connectivity index (χ0) is 40.1. The van der Waals surface area contributed by atoms with E-state index in [9.17, 15) is 0 Å². The van der Waals surface area contributed by atoms with Crippen LogP contribution in [0, 0.1) is 0 Å². The molecule has 0 spiro atoms. The van der Waals surface area contributed by atoms with Crippen LogP contribution in [0.4, 0.5) is 17.1 Å². The molecule has 9 aromatic rings. The molecule has 0 heterocycles. The fourth-order valence-electron chi connectivity index (χ4n) is 9.55. The van der Waals surface area contributed by atoms with Crippen molar-refractivity contribution < 1.29 is 0 Å². The summed E-state index contributed by atoms with van der Waals surface area (Å²) in [5.74, 6) is 0. The third kappa shape index (κ3) is 6.17. The van der Waals surface area contributed by atoms with E-state index in [1.807, 2.05) is 0 Å². The molecule has 0 saturated carbocycles. The maximum atomic E-state index is 2.54. The average molecular weight is 758 g/mol. The van der Waals surface area contributed by atoms with Gasteiger partial charge >= 0.3 is 0 Å². The summed E-state index contributed by atoms with van der Waals surface area (Å²) in [6, 6.07) is 78.3. The summed E-state index contributed by atoms with van der Waals surface area (Å²) < 4.78 is 0. The van der Waals surface area contributed by atoms with Gasteiger partial charge in [0.2, 0.25) is 0 Å². The molecule has 0 fully saturated rings. The van der Waals surface area contributed by atoms with Crippen LogP contribution in [-0.2, 0) is 10.8 Å². The SMILES string of the molecule is CC(C)(c1ccccc1)c1ccc(N(c2ccc3c(c2)-c2ccccc2C3(C)C)c2ccc3ccccc3c2-c2ccccc2-c2ccccc2)c(-c2ccccc2)c1. The molecule has 9 aromatic carbocycles. The summed E-state index contributed by atoms with van der Waals surface area (Å²) in [5.41, 5.74) is 18.1. The molecular weight excluding hydrogens is 711 g/mol. The Morgan fingerprint density at radius 3 is 1.68 bits per heavy atom. The second kappa shape index (κ2) is 14.5. The van der Waals surface area contributed by atoms with E-state index in [1.165, 1.54) is 77.5 Å². The van der Waals surface area contributed by atoms with Gasteiger partial charge in [0.15, 0.2) is 0 Å². The highest BCUT2D eigenvalue weighted by Gasteiger charge is 2.36. The van der Waals surface area contributed by atoms with Crippen LogP contribution in [0.1, 0.15) is 49.9 Å². The van der Waals surface area contributed by atoms with Crippen molar-refractivity contribution in [1.82, 2.24) is 0 Å². The number of rotatable bonds is 8. The molecule has 0 amide bonds. The van der Waals surface area contributed by atoms with E-state index in [1.54, 1.807) is 0 Å². The summed E-state index contributed by atoms with van der Waals surface area (Å²) in [4.78, 5) is 2.54. The Kier molecular flexibility index (Phi) is 8.91. The van der Waals surface area contributed by atoms with E-state index in [2.05, 4.69) is 245 Å². The van der Waals surface area contributed by atoms with Gasteiger partial charge in [-0.05, 0) is 96.7 Å². The first-order chi connectivity index (χ1) is 28.8. The first-order valence-corrected chi connectivity index (χ1v) is 20.8. The number of benzene rings is 9. The average Bonchev–Trinajstić information content (AvgIpc) is 3.52. The molecule has 59 heavy (non-hydrogen) atoms. The lowest BCUT2D eigenvalue weighted by molar-refractivity contribution is 0.641.